The van der Waals surface area contributed by atoms with E-state index in [0.717, 1.165) is 17.3 Å². The number of amides is 1. The van der Waals surface area contributed by atoms with Gasteiger partial charge in [-0.25, -0.2) is 4.39 Å². The zero-order valence-corrected chi connectivity index (χ0v) is 11.5. The Bertz CT molecular complexity index is 661. The average molecular weight is 294 g/mol. The molecule has 0 bridgehead atoms. The Morgan fingerprint density at radius 1 is 1.20 bits per heavy atom. The second-order valence-corrected chi connectivity index (χ2v) is 4.69. The van der Waals surface area contributed by atoms with Crippen molar-refractivity contribution in [3.8, 4) is 0 Å². The van der Waals surface area contributed by atoms with Crippen LogP contribution in [0.4, 0.5) is 15.8 Å². The van der Waals surface area contributed by atoms with Gasteiger partial charge in [0.2, 0.25) is 0 Å². The van der Waals surface area contributed by atoms with Crippen LogP contribution in [0.2, 0.25) is 5.02 Å². The standard InChI is InChI=1S/C14H13ClFN3O/c1-8-6-9(2-4-12(8)19-17)14(20)18-13-5-3-10(15)7-11(13)16/h2-7,19H,17H2,1H3,(H,18,20). The van der Waals surface area contributed by atoms with E-state index >= 15 is 0 Å². The number of anilines is 2. The number of nitrogens with two attached hydrogens (primary N) is 1. The molecule has 0 aliphatic carbocycles. The summed E-state index contributed by atoms with van der Waals surface area (Å²) in [7, 11) is 0. The van der Waals surface area contributed by atoms with Gasteiger partial charge in [-0.2, -0.15) is 0 Å². The molecule has 0 saturated heterocycles. The molecule has 0 unspecified atom stereocenters. The summed E-state index contributed by atoms with van der Waals surface area (Å²) in [6.07, 6.45) is 0. The Morgan fingerprint density at radius 3 is 2.50 bits per heavy atom. The number of halogens is 2. The summed E-state index contributed by atoms with van der Waals surface area (Å²) < 4.78 is 13.6. The number of carbonyl (C=O) groups excluding carboxylic acids is 1. The number of hydrazine groups is 1. The molecule has 0 radical (unpaired) electrons. The molecule has 0 heterocycles. The maximum atomic E-state index is 13.6. The second kappa shape index (κ2) is 5.90. The van der Waals surface area contributed by atoms with Gasteiger partial charge in [0.05, 0.1) is 11.4 Å². The molecule has 1 amide bonds. The fourth-order valence-corrected chi connectivity index (χ4v) is 1.91. The van der Waals surface area contributed by atoms with Gasteiger partial charge in [0.25, 0.3) is 5.91 Å². The van der Waals surface area contributed by atoms with Gasteiger partial charge in [-0.15, -0.1) is 0 Å². The van der Waals surface area contributed by atoms with Crippen LogP contribution in [0.25, 0.3) is 0 Å². The van der Waals surface area contributed by atoms with E-state index in [-0.39, 0.29) is 10.7 Å². The molecular formula is C14H13ClFN3O. The fourth-order valence-electron chi connectivity index (χ4n) is 1.75. The summed E-state index contributed by atoms with van der Waals surface area (Å²) in [5.41, 5.74) is 4.55. The van der Waals surface area contributed by atoms with Crippen LogP contribution in [-0.4, -0.2) is 5.91 Å². The first-order valence-electron chi connectivity index (χ1n) is 5.85. The fraction of sp³-hybridized carbons (Fsp3) is 0.0714. The van der Waals surface area contributed by atoms with Gasteiger partial charge < -0.3 is 10.7 Å². The number of aryl methyl sites for hydroxylation is 1. The average Bonchev–Trinajstić information content (AvgIpc) is 2.41. The third kappa shape index (κ3) is 3.07. The third-order valence-electron chi connectivity index (χ3n) is 2.82. The van der Waals surface area contributed by atoms with E-state index in [1.54, 1.807) is 18.2 Å². The maximum absolute atomic E-state index is 13.6. The Morgan fingerprint density at radius 2 is 1.90 bits per heavy atom. The number of nitrogens with one attached hydrogen (secondary N) is 2. The van der Waals surface area contributed by atoms with Crippen LogP contribution in [0.5, 0.6) is 0 Å². The molecule has 0 saturated carbocycles. The minimum Gasteiger partial charge on any atom is -0.324 e. The highest BCUT2D eigenvalue weighted by molar-refractivity contribution is 6.30. The van der Waals surface area contributed by atoms with Gasteiger partial charge in [-0.1, -0.05) is 11.6 Å². The van der Waals surface area contributed by atoms with Crippen LogP contribution in [0.15, 0.2) is 36.4 Å². The van der Waals surface area contributed by atoms with E-state index in [9.17, 15) is 9.18 Å². The molecule has 2 aromatic carbocycles. The molecular weight excluding hydrogens is 281 g/mol. The molecule has 2 rings (SSSR count). The number of benzene rings is 2. The first kappa shape index (κ1) is 14.3. The molecule has 0 fully saturated rings. The lowest BCUT2D eigenvalue weighted by atomic mass is 10.1. The monoisotopic (exact) mass is 293 g/mol. The minimum atomic E-state index is -0.581. The van der Waals surface area contributed by atoms with Crippen LogP contribution in [-0.2, 0) is 0 Å². The van der Waals surface area contributed by atoms with Crippen molar-refractivity contribution in [2.45, 2.75) is 6.92 Å². The Hall–Kier alpha value is -2.11. The molecule has 0 aromatic heterocycles. The SMILES string of the molecule is Cc1cc(C(=O)Nc2ccc(Cl)cc2F)ccc1NN. The van der Waals surface area contributed by atoms with E-state index in [1.165, 1.54) is 12.1 Å². The van der Waals surface area contributed by atoms with E-state index in [2.05, 4.69) is 10.7 Å². The van der Waals surface area contributed by atoms with Gasteiger partial charge in [0, 0.05) is 10.6 Å². The van der Waals surface area contributed by atoms with Crippen molar-refractivity contribution in [3.63, 3.8) is 0 Å². The van der Waals surface area contributed by atoms with Gasteiger partial charge in [-0.05, 0) is 48.9 Å². The lowest BCUT2D eigenvalue weighted by Gasteiger charge is -2.09. The molecule has 2 aromatic rings. The minimum absolute atomic E-state index is 0.0816. The molecule has 4 N–H and O–H groups in total. The topological polar surface area (TPSA) is 67.2 Å². The Balaban J connectivity index is 2.21. The molecule has 0 atom stereocenters. The summed E-state index contributed by atoms with van der Waals surface area (Å²) >= 11 is 5.65. The highest BCUT2D eigenvalue weighted by Crippen LogP contribution is 2.21. The van der Waals surface area contributed by atoms with E-state index in [0.29, 0.717) is 5.56 Å². The lowest BCUT2D eigenvalue weighted by molar-refractivity contribution is 0.102. The normalized spacial score (nSPS) is 10.2. The first-order valence-corrected chi connectivity index (χ1v) is 6.22. The predicted octanol–water partition coefficient (Wildman–Crippen LogP) is 3.33. The summed E-state index contributed by atoms with van der Waals surface area (Å²) in [4.78, 5) is 12.0. The first-order chi connectivity index (χ1) is 9.51. The number of hydrogen-bond donors (Lipinski definition) is 3. The van der Waals surface area contributed by atoms with Crippen molar-refractivity contribution < 1.29 is 9.18 Å². The smallest absolute Gasteiger partial charge is 0.255 e. The molecule has 20 heavy (non-hydrogen) atoms. The number of nitrogen functional groups attached to an aromatic ring is 1. The molecule has 0 spiro atoms. The van der Waals surface area contributed by atoms with Crippen molar-refractivity contribution >= 4 is 28.9 Å². The van der Waals surface area contributed by atoms with Gasteiger partial charge in [0.15, 0.2) is 0 Å². The third-order valence-corrected chi connectivity index (χ3v) is 3.06. The summed E-state index contributed by atoms with van der Waals surface area (Å²) in [6.45, 7) is 1.81. The summed E-state index contributed by atoms with van der Waals surface area (Å²) in [5.74, 6) is 4.34. The second-order valence-electron chi connectivity index (χ2n) is 4.25. The van der Waals surface area contributed by atoms with E-state index in [1.807, 2.05) is 6.92 Å². The Kier molecular flexibility index (Phi) is 4.22. The van der Waals surface area contributed by atoms with Gasteiger partial charge in [0.1, 0.15) is 5.82 Å². The van der Waals surface area contributed by atoms with Crippen LogP contribution in [0.1, 0.15) is 15.9 Å². The number of hydrogen-bond acceptors (Lipinski definition) is 3. The molecule has 4 nitrogen and oxygen atoms in total. The van der Waals surface area contributed by atoms with Gasteiger partial charge >= 0.3 is 0 Å². The summed E-state index contributed by atoms with van der Waals surface area (Å²) in [6, 6.07) is 9.02. The van der Waals surface area contributed by atoms with Crippen LogP contribution in [0, 0.1) is 12.7 Å². The zero-order valence-electron chi connectivity index (χ0n) is 10.7. The molecule has 6 heteroatoms. The van der Waals surface area contributed by atoms with E-state index in [4.69, 9.17) is 17.4 Å². The Labute approximate surface area is 120 Å². The lowest BCUT2D eigenvalue weighted by Crippen LogP contribution is -2.14. The van der Waals surface area contributed by atoms with Crippen LogP contribution in [0.3, 0.4) is 0 Å². The predicted molar refractivity (Wildman–Crippen MR) is 78.4 cm³/mol. The zero-order chi connectivity index (χ0) is 14.7. The largest absolute Gasteiger partial charge is 0.324 e. The molecule has 0 aliphatic heterocycles. The van der Waals surface area contributed by atoms with Crippen LogP contribution < -0.4 is 16.6 Å². The molecule has 0 aliphatic rings. The van der Waals surface area contributed by atoms with E-state index < -0.39 is 11.7 Å². The van der Waals surface area contributed by atoms with Crippen molar-refractivity contribution in [1.82, 2.24) is 0 Å². The van der Waals surface area contributed by atoms with Crippen LogP contribution >= 0.6 is 11.6 Å². The van der Waals surface area contributed by atoms with Crippen molar-refractivity contribution in [1.29, 1.82) is 0 Å². The summed E-state index contributed by atoms with van der Waals surface area (Å²) in [5, 5.41) is 2.77. The number of carbonyl (C=O) groups is 1. The quantitative estimate of drug-likeness (QED) is 0.601. The number of rotatable bonds is 3. The van der Waals surface area contributed by atoms with Crippen molar-refractivity contribution in [2.75, 3.05) is 10.7 Å². The van der Waals surface area contributed by atoms with Crippen molar-refractivity contribution in [3.05, 3.63) is 58.4 Å². The highest BCUT2D eigenvalue weighted by Gasteiger charge is 2.10. The van der Waals surface area contributed by atoms with Gasteiger partial charge in [-0.3, -0.25) is 10.6 Å². The van der Waals surface area contributed by atoms with Crippen molar-refractivity contribution in [2.24, 2.45) is 5.84 Å². The molecule has 104 valence electrons. The highest BCUT2D eigenvalue weighted by atomic mass is 35.5. The maximum Gasteiger partial charge on any atom is 0.255 e.